The second-order valence-electron chi connectivity index (χ2n) is 6.05. The third-order valence-electron chi connectivity index (χ3n) is 4.36. The predicted molar refractivity (Wildman–Crippen MR) is 91.6 cm³/mol. The van der Waals surface area contributed by atoms with Crippen LogP contribution < -0.4 is 10.2 Å². The van der Waals surface area contributed by atoms with E-state index in [1.165, 1.54) is 4.90 Å². The first-order chi connectivity index (χ1) is 11.0. The molecule has 1 unspecified atom stereocenters. The third-order valence-corrected chi connectivity index (χ3v) is 4.36. The number of rotatable bonds is 3. The molecule has 0 aromatic heterocycles. The Labute approximate surface area is 136 Å². The largest absolute Gasteiger partial charge is 0.373 e. The molecule has 1 fully saturated rings. The number of benzene rings is 2. The van der Waals surface area contributed by atoms with Gasteiger partial charge in [-0.25, -0.2) is 4.90 Å². The molecule has 0 bridgehead atoms. The molecule has 1 aliphatic rings. The summed E-state index contributed by atoms with van der Waals surface area (Å²) in [5.74, 6) is -0.349. The Balaban J connectivity index is 1.85. The first kappa shape index (κ1) is 15.3. The molecule has 2 aromatic carbocycles. The van der Waals surface area contributed by atoms with Gasteiger partial charge in [-0.15, -0.1) is 0 Å². The van der Waals surface area contributed by atoms with E-state index in [2.05, 4.69) is 5.32 Å². The highest BCUT2D eigenvalue weighted by molar-refractivity contribution is 6.23. The van der Waals surface area contributed by atoms with Crippen molar-refractivity contribution in [1.29, 1.82) is 0 Å². The van der Waals surface area contributed by atoms with Gasteiger partial charge in [0.1, 0.15) is 6.04 Å². The van der Waals surface area contributed by atoms with Gasteiger partial charge in [0.25, 0.3) is 5.91 Å². The number of hydrogen-bond acceptors (Lipinski definition) is 3. The number of nitrogens with zero attached hydrogens (tertiary/aromatic N) is 1. The van der Waals surface area contributed by atoms with Gasteiger partial charge in [0.15, 0.2) is 0 Å². The number of hydrogen-bond donors (Lipinski definition) is 1. The fourth-order valence-electron chi connectivity index (χ4n) is 2.83. The average Bonchev–Trinajstić information content (AvgIpc) is 2.79. The second-order valence-corrected chi connectivity index (χ2v) is 6.05. The number of carbonyl (C=O) groups excluding carboxylic acids is 2. The zero-order chi connectivity index (χ0) is 16.6. The molecule has 1 saturated heterocycles. The minimum atomic E-state index is -0.509. The maximum absolute atomic E-state index is 12.7. The second kappa shape index (κ2) is 5.88. The minimum absolute atomic E-state index is 0.159. The van der Waals surface area contributed by atoms with Crippen LogP contribution in [0.25, 0.3) is 0 Å². The van der Waals surface area contributed by atoms with Crippen molar-refractivity contribution in [3.63, 3.8) is 0 Å². The topological polar surface area (TPSA) is 49.4 Å². The highest BCUT2D eigenvalue weighted by Gasteiger charge is 2.40. The Hall–Kier alpha value is -2.62. The summed E-state index contributed by atoms with van der Waals surface area (Å²) in [4.78, 5) is 26.4. The van der Waals surface area contributed by atoms with Gasteiger partial charge in [-0.05, 0) is 50.1 Å². The summed E-state index contributed by atoms with van der Waals surface area (Å²) in [6, 6.07) is 13.0. The third kappa shape index (κ3) is 2.84. The molecule has 2 aromatic rings. The SMILES string of the molecule is Cc1ccc(NC2CC(=O)N(c3cccc(C)c3C)C2=O)cc1. The first-order valence-electron chi connectivity index (χ1n) is 7.73. The van der Waals surface area contributed by atoms with Crippen molar-refractivity contribution in [2.24, 2.45) is 0 Å². The molecule has 23 heavy (non-hydrogen) atoms. The molecule has 4 nitrogen and oxygen atoms in total. The molecule has 1 N–H and O–H groups in total. The lowest BCUT2D eigenvalue weighted by Gasteiger charge is -2.19. The Morgan fingerprint density at radius 3 is 2.39 bits per heavy atom. The summed E-state index contributed by atoms with van der Waals surface area (Å²) < 4.78 is 0. The molecule has 0 saturated carbocycles. The average molecular weight is 308 g/mol. The van der Waals surface area contributed by atoms with E-state index < -0.39 is 6.04 Å². The van der Waals surface area contributed by atoms with Crippen molar-refractivity contribution in [2.45, 2.75) is 33.2 Å². The molecule has 1 aliphatic heterocycles. The number of nitrogens with one attached hydrogen (secondary N) is 1. The van der Waals surface area contributed by atoms with E-state index in [1.54, 1.807) is 0 Å². The lowest BCUT2D eigenvalue weighted by Crippen LogP contribution is -2.35. The quantitative estimate of drug-likeness (QED) is 0.885. The van der Waals surface area contributed by atoms with Gasteiger partial charge in [0.05, 0.1) is 12.1 Å². The van der Waals surface area contributed by atoms with Gasteiger partial charge in [-0.1, -0.05) is 29.8 Å². The van der Waals surface area contributed by atoms with E-state index in [9.17, 15) is 9.59 Å². The summed E-state index contributed by atoms with van der Waals surface area (Å²) in [7, 11) is 0. The van der Waals surface area contributed by atoms with E-state index in [4.69, 9.17) is 0 Å². The van der Waals surface area contributed by atoms with Crippen LogP contribution in [0, 0.1) is 20.8 Å². The van der Waals surface area contributed by atoms with Crippen LogP contribution in [0.1, 0.15) is 23.1 Å². The van der Waals surface area contributed by atoms with Gasteiger partial charge < -0.3 is 5.32 Å². The summed E-state index contributed by atoms with van der Waals surface area (Å²) in [5.41, 5.74) is 4.72. The monoisotopic (exact) mass is 308 g/mol. The van der Waals surface area contributed by atoms with Crippen LogP contribution in [0.15, 0.2) is 42.5 Å². The lowest BCUT2D eigenvalue weighted by molar-refractivity contribution is -0.121. The van der Waals surface area contributed by atoms with Gasteiger partial charge in [0.2, 0.25) is 5.91 Å². The summed E-state index contributed by atoms with van der Waals surface area (Å²) in [6.45, 7) is 5.92. The Morgan fingerprint density at radius 2 is 1.70 bits per heavy atom. The summed E-state index contributed by atoms with van der Waals surface area (Å²) in [5, 5.41) is 3.17. The molecular weight excluding hydrogens is 288 g/mol. The van der Waals surface area contributed by atoms with Crippen LogP contribution in [0.3, 0.4) is 0 Å². The van der Waals surface area contributed by atoms with Gasteiger partial charge >= 0.3 is 0 Å². The zero-order valence-corrected chi connectivity index (χ0v) is 13.6. The normalized spacial score (nSPS) is 17.7. The smallest absolute Gasteiger partial charge is 0.256 e. The van der Waals surface area contributed by atoms with E-state index in [0.717, 1.165) is 22.4 Å². The van der Waals surface area contributed by atoms with Crippen LogP contribution in [0.4, 0.5) is 11.4 Å². The van der Waals surface area contributed by atoms with Crippen LogP contribution in [-0.4, -0.2) is 17.9 Å². The Morgan fingerprint density at radius 1 is 1.00 bits per heavy atom. The maximum atomic E-state index is 12.7. The summed E-state index contributed by atoms with van der Waals surface area (Å²) in [6.07, 6.45) is 0.181. The van der Waals surface area contributed by atoms with Crippen molar-refractivity contribution in [3.05, 3.63) is 59.2 Å². The number of imide groups is 1. The van der Waals surface area contributed by atoms with Crippen LogP contribution in [0.5, 0.6) is 0 Å². The van der Waals surface area contributed by atoms with Gasteiger partial charge in [-0.3, -0.25) is 9.59 Å². The highest BCUT2D eigenvalue weighted by atomic mass is 16.2. The molecule has 3 rings (SSSR count). The molecule has 0 spiro atoms. The van der Waals surface area contributed by atoms with Crippen molar-refractivity contribution >= 4 is 23.2 Å². The van der Waals surface area contributed by atoms with E-state index in [1.807, 2.05) is 63.2 Å². The van der Waals surface area contributed by atoms with Gasteiger partial charge in [-0.2, -0.15) is 0 Å². The first-order valence-corrected chi connectivity index (χ1v) is 7.73. The van der Waals surface area contributed by atoms with E-state index in [0.29, 0.717) is 5.69 Å². The molecule has 1 heterocycles. The van der Waals surface area contributed by atoms with E-state index >= 15 is 0 Å². The standard InChI is InChI=1S/C19H20N2O2/c1-12-7-9-15(10-8-12)20-16-11-18(22)21(19(16)23)17-6-4-5-13(2)14(17)3/h4-10,16,20H,11H2,1-3H3. The van der Waals surface area contributed by atoms with Crippen LogP contribution in [-0.2, 0) is 9.59 Å². The van der Waals surface area contributed by atoms with Crippen LogP contribution in [0.2, 0.25) is 0 Å². The summed E-state index contributed by atoms with van der Waals surface area (Å²) >= 11 is 0. The van der Waals surface area contributed by atoms with Crippen molar-refractivity contribution in [2.75, 3.05) is 10.2 Å². The number of aryl methyl sites for hydroxylation is 2. The fourth-order valence-corrected chi connectivity index (χ4v) is 2.83. The Kier molecular flexibility index (Phi) is 3.90. The van der Waals surface area contributed by atoms with Crippen molar-refractivity contribution in [1.82, 2.24) is 0 Å². The van der Waals surface area contributed by atoms with E-state index in [-0.39, 0.29) is 18.2 Å². The lowest BCUT2D eigenvalue weighted by atomic mass is 10.1. The number of anilines is 2. The Bertz CT molecular complexity index is 765. The predicted octanol–water partition coefficient (Wildman–Crippen LogP) is 3.36. The minimum Gasteiger partial charge on any atom is -0.373 e. The van der Waals surface area contributed by atoms with Crippen LogP contribution >= 0.6 is 0 Å². The fraction of sp³-hybridized carbons (Fsp3) is 0.263. The molecule has 0 aliphatic carbocycles. The molecule has 2 amide bonds. The zero-order valence-electron chi connectivity index (χ0n) is 13.6. The van der Waals surface area contributed by atoms with Crippen molar-refractivity contribution in [3.8, 4) is 0 Å². The molecule has 118 valence electrons. The maximum Gasteiger partial charge on any atom is 0.256 e. The molecule has 0 radical (unpaired) electrons. The number of amides is 2. The molecular formula is C19H20N2O2. The molecule has 4 heteroatoms. The van der Waals surface area contributed by atoms with Gasteiger partial charge in [0, 0.05) is 5.69 Å². The highest BCUT2D eigenvalue weighted by Crippen LogP contribution is 2.29. The number of carbonyl (C=O) groups is 2. The van der Waals surface area contributed by atoms with Crippen molar-refractivity contribution < 1.29 is 9.59 Å². The molecule has 1 atom stereocenters.